The van der Waals surface area contributed by atoms with Crippen molar-refractivity contribution in [1.29, 1.82) is 0 Å². The Morgan fingerprint density at radius 2 is 1.67 bits per heavy atom. The molecule has 1 aliphatic heterocycles. The maximum atomic E-state index is 3.75. The largest absolute Gasteiger partial charge is 0.314 e. The zero-order valence-corrected chi connectivity index (χ0v) is 14.8. The fourth-order valence-corrected chi connectivity index (χ4v) is 3.69. The number of likely N-dealkylation sites (tertiary alicyclic amines) is 1. The Morgan fingerprint density at radius 3 is 2.38 bits per heavy atom. The zero-order valence-electron chi connectivity index (χ0n) is 14.8. The number of hydrogen-bond acceptors (Lipinski definition) is 2. The van der Waals surface area contributed by atoms with E-state index in [1.54, 1.807) is 0 Å². The Hall–Kier alpha value is -1.64. The minimum absolute atomic E-state index is 0.613. The van der Waals surface area contributed by atoms with Crippen LogP contribution in [0.1, 0.15) is 30.9 Å². The van der Waals surface area contributed by atoms with Crippen molar-refractivity contribution in [1.82, 2.24) is 10.2 Å². The standard InChI is InChI=1S/C22H30N2/c1-19(23-15-8-13-20-9-4-2-5-10-20)22-14-16-24(18-22)17-21-11-6-3-7-12-21/h2-7,9-12,19,22-23H,8,13-18H2,1H3. The van der Waals surface area contributed by atoms with Gasteiger partial charge in [0.2, 0.25) is 0 Å². The molecule has 2 heteroatoms. The predicted molar refractivity (Wildman–Crippen MR) is 102 cm³/mol. The first-order valence-corrected chi connectivity index (χ1v) is 9.35. The molecule has 0 radical (unpaired) electrons. The van der Waals surface area contributed by atoms with Crippen LogP contribution in [-0.2, 0) is 13.0 Å². The second-order valence-corrected chi connectivity index (χ2v) is 7.10. The summed E-state index contributed by atoms with van der Waals surface area (Å²) in [6.45, 7) is 7.03. The van der Waals surface area contributed by atoms with Gasteiger partial charge in [0.15, 0.2) is 0 Å². The fourth-order valence-electron chi connectivity index (χ4n) is 3.69. The predicted octanol–water partition coefficient (Wildman–Crippen LogP) is 4.12. The molecular formula is C22H30N2. The topological polar surface area (TPSA) is 15.3 Å². The molecule has 2 atom stereocenters. The molecule has 3 rings (SSSR count). The second kappa shape index (κ2) is 9.00. The third kappa shape index (κ3) is 5.19. The molecule has 1 saturated heterocycles. The average Bonchev–Trinajstić information content (AvgIpc) is 3.09. The molecule has 1 N–H and O–H groups in total. The summed E-state index contributed by atoms with van der Waals surface area (Å²) in [7, 11) is 0. The van der Waals surface area contributed by atoms with Gasteiger partial charge in [-0.1, -0.05) is 60.7 Å². The highest BCUT2D eigenvalue weighted by Gasteiger charge is 2.26. The number of nitrogens with one attached hydrogen (secondary N) is 1. The third-order valence-electron chi connectivity index (χ3n) is 5.22. The molecule has 1 aliphatic rings. The van der Waals surface area contributed by atoms with Crippen molar-refractivity contribution in [2.45, 2.75) is 38.8 Å². The van der Waals surface area contributed by atoms with Crippen LogP contribution in [0, 0.1) is 5.92 Å². The minimum Gasteiger partial charge on any atom is -0.314 e. The molecule has 0 saturated carbocycles. The maximum Gasteiger partial charge on any atom is 0.0233 e. The van der Waals surface area contributed by atoms with Crippen molar-refractivity contribution in [2.24, 2.45) is 5.92 Å². The van der Waals surface area contributed by atoms with Crippen LogP contribution in [-0.4, -0.2) is 30.6 Å². The van der Waals surface area contributed by atoms with Crippen LogP contribution in [0.4, 0.5) is 0 Å². The molecule has 1 fully saturated rings. The molecule has 2 nitrogen and oxygen atoms in total. The quantitative estimate of drug-likeness (QED) is 0.736. The average molecular weight is 322 g/mol. The lowest BCUT2D eigenvalue weighted by molar-refractivity contribution is 0.297. The minimum atomic E-state index is 0.613. The van der Waals surface area contributed by atoms with Crippen LogP contribution in [0.5, 0.6) is 0 Å². The number of hydrogen-bond donors (Lipinski definition) is 1. The lowest BCUT2D eigenvalue weighted by Crippen LogP contribution is -2.36. The number of aryl methyl sites for hydroxylation is 1. The summed E-state index contributed by atoms with van der Waals surface area (Å²) < 4.78 is 0. The lowest BCUT2D eigenvalue weighted by Gasteiger charge is -2.22. The van der Waals surface area contributed by atoms with Gasteiger partial charge in [0, 0.05) is 19.1 Å². The van der Waals surface area contributed by atoms with Gasteiger partial charge in [-0.3, -0.25) is 4.90 Å². The first-order valence-electron chi connectivity index (χ1n) is 9.35. The van der Waals surface area contributed by atoms with Gasteiger partial charge in [-0.15, -0.1) is 0 Å². The van der Waals surface area contributed by atoms with Gasteiger partial charge in [0.05, 0.1) is 0 Å². The van der Waals surface area contributed by atoms with Crippen molar-refractivity contribution in [3.8, 4) is 0 Å². The van der Waals surface area contributed by atoms with E-state index in [2.05, 4.69) is 77.8 Å². The van der Waals surface area contributed by atoms with Crippen LogP contribution in [0.3, 0.4) is 0 Å². The summed E-state index contributed by atoms with van der Waals surface area (Å²) >= 11 is 0. The van der Waals surface area contributed by atoms with Gasteiger partial charge in [-0.05, 0) is 56.3 Å². The molecule has 0 aliphatic carbocycles. The van der Waals surface area contributed by atoms with E-state index < -0.39 is 0 Å². The van der Waals surface area contributed by atoms with Crippen LogP contribution < -0.4 is 5.32 Å². The molecule has 1 heterocycles. The molecule has 0 amide bonds. The van der Waals surface area contributed by atoms with Crippen LogP contribution in [0.15, 0.2) is 60.7 Å². The first kappa shape index (κ1) is 17.2. The van der Waals surface area contributed by atoms with Crippen LogP contribution >= 0.6 is 0 Å². The normalized spacial score (nSPS) is 19.5. The van der Waals surface area contributed by atoms with E-state index in [0.29, 0.717) is 6.04 Å². The number of nitrogens with zero attached hydrogens (tertiary/aromatic N) is 1. The van der Waals surface area contributed by atoms with Gasteiger partial charge in [0.1, 0.15) is 0 Å². The Balaban J connectivity index is 1.35. The summed E-state index contributed by atoms with van der Waals surface area (Å²) in [6, 6.07) is 22.3. The summed E-state index contributed by atoms with van der Waals surface area (Å²) in [5.74, 6) is 0.783. The van der Waals surface area contributed by atoms with Crippen molar-refractivity contribution in [2.75, 3.05) is 19.6 Å². The fraction of sp³-hybridized carbons (Fsp3) is 0.455. The van der Waals surface area contributed by atoms with Crippen LogP contribution in [0.25, 0.3) is 0 Å². The Morgan fingerprint density at radius 1 is 1.00 bits per heavy atom. The van der Waals surface area contributed by atoms with Gasteiger partial charge in [-0.25, -0.2) is 0 Å². The highest BCUT2D eigenvalue weighted by Crippen LogP contribution is 2.21. The van der Waals surface area contributed by atoms with Crippen molar-refractivity contribution >= 4 is 0 Å². The second-order valence-electron chi connectivity index (χ2n) is 7.10. The summed E-state index contributed by atoms with van der Waals surface area (Å²) in [4.78, 5) is 2.60. The Bertz CT molecular complexity index is 581. The van der Waals surface area contributed by atoms with E-state index in [-0.39, 0.29) is 0 Å². The Kier molecular flexibility index (Phi) is 6.45. The molecule has 0 spiro atoms. The molecule has 2 aromatic rings. The van der Waals surface area contributed by atoms with E-state index in [0.717, 1.165) is 19.0 Å². The highest BCUT2D eigenvalue weighted by atomic mass is 15.2. The monoisotopic (exact) mass is 322 g/mol. The lowest BCUT2D eigenvalue weighted by atomic mass is 10.0. The summed E-state index contributed by atoms with van der Waals surface area (Å²) in [6.07, 6.45) is 3.71. The molecule has 0 bridgehead atoms. The van der Waals surface area contributed by atoms with E-state index in [9.17, 15) is 0 Å². The van der Waals surface area contributed by atoms with E-state index in [1.807, 2.05) is 0 Å². The summed E-state index contributed by atoms with van der Waals surface area (Å²) in [5, 5.41) is 3.75. The highest BCUT2D eigenvalue weighted by molar-refractivity contribution is 5.15. The molecule has 24 heavy (non-hydrogen) atoms. The van der Waals surface area contributed by atoms with Crippen molar-refractivity contribution in [3.05, 3.63) is 71.8 Å². The molecule has 0 aromatic heterocycles. The summed E-state index contributed by atoms with van der Waals surface area (Å²) in [5.41, 5.74) is 2.88. The van der Waals surface area contributed by atoms with Gasteiger partial charge < -0.3 is 5.32 Å². The SMILES string of the molecule is CC(NCCCc1ccccc1)C1CCN(Cc2ccccc2)C1. The van der Waals surface area contributed by atoms with E-state index >= 15 is 0 Å². The third-order valence-corrected chi connectivity index (χ3v) is 5.22. The van der Waals surface area contributed by atoms with Crippen molar-refractivity contribution < 1.29 is 0 Å². The zero-order chi connectivity index (χ0) is 16.6. The maximum absolute atomic E-state index is 3.75. The van der Waals surface area contributed by atoms with Gasteiger partial charge >= 0.3 is 0 Å². The molecule has 2 aromatic carbocycles. The Labute approximate surface area is 146 Å². The van der Waals surface area contributed by atoms with Gasteiger partial charge in [-0.2, -0.15) is 0 Å². The molecular weight excluding hydrogens is 292 g/mol. The smallest absolute Gasteiger partial charge is 0.0233 e. The first-order chi connectivity index (χ1) is 11.8. The van der Waals surface area contributed by atoms with Gasteiger partial charge in [0.25, 0.3) is 0 Å². The molecule has 2 unspecified atom stereocenters. The number of rotatable bonds is 8. The van der Waals surface area contributed by atoms with E-state index in [4.69, 9.17) is 0 Å². The number of benzene rings is 2. The van der Waals surface area contributed by atoms with Crippen LogP contribution in [0.2, 0.25) is 0 Å². The van der Waals surface area contributed by atoms with Crippen molar-refractivity contribution in [3.63, 3.8) is 0 Å². The molecule has 128 valence electrons. The van der Waals surface area contributed by atoms with E-state index in [1.165, 1.54) is 43.5 Å².